The fourth-order valence-electron chi connectivity index (χ4n) is 1.55. The zero-order chi connectivity index (χ0) is 13.3. The van der Waals surface area contributed by atoms with Crippen LogP contribution < -0.4 is 5.32 Å². The largest absolute Gasteiger partial charge is 0.444 e. The number of amides is 1. The number of nitrogens with one attached hydrogen (secondary N) is 1. The van der Waals surface area contributed by atoms with E-state index < -0.39 is 11.7 Å². The second kappa shape index (κ2) is 4.90. The van der Waals surface area contributed by atoms with Crippen molar-refractivity contribution in [2.75, 3.05) is 5.32 Å². The first-order valence-corrected chi connectivity index (χ1v) is 7.14. The number of benzene rings is 1. The Bertz CT molecular complexity index is 586. The van der Waals surface area contributed by atoms with E-state index in [1.165, 1.54) is 0 Å². The first-order valence-electron chi connectivity index (χ1n) is 5.53. The molecule has 0 fully saturated rings. The predicted octanol–water partition coefficient (Wildman–Crippen LogP) is 5.01. The van der Waals surface area contributed by atoms with Crippen LogP contribution in [0.15, 0.2) is 28.1 Å². The summed E-state index contributed by atoms with van der Waals surface area (Å²) < 4.78 is 7.40. The van der Waals surface area contributed by atoms with Crippen LogP contribution in [0, 0.1) is 0 Å². The van der Waals surface area contributed by atoms with Crippen molar-refractivity contribution in [1.82, 2.24) is 0 Å². The van der Waals surface area contributed by atoms with Gasteiger partial charge in [0, 0.05) is 10.1 Å². The van der Waals surface area contributed by atoms with E-state index in [0.717, 1.165) is 19.6 Å². The van der Waals surface area contributed by atoms with Gasteiger partial charge in [-0.15, -0.1) is 11.3 Å². The highest BCUT2D eigenvalue weighted by Crippen LogP contribution is 2.34. The summed E-state index contributed by atoms with van der Waals surface area (Å²) in [7, 11) is 0. The minimum absolute atomic E-state index is 0.433. The summed E-state index contributed by atoms with van der Waals surface area (Å²) in [6.07, 6.45) is -0.433. The number of ether oxygens (including phenoxy) is 1. The number of thiophene rings is 1. The average molecular weight is 328 g/mol. The monoisotopic (exact) mass is 327 g/mol. The van der Waals surface area contributed by atoms with E-state index in [0.29, 0.717) is 0 Å². The van der Waals surface area contributed by atoms with Gasteiger partial charge in [-0.25, -0.2) is 4.79 Å². The van der Waals surface area contributed by atoms with Crippen LogP contribution in [0.3, 0.4) is 0 Å². The summed E-state index contributed by atoms with van der Waals surface area (Å²) in [5.41, 5.74) is 0.274. The third-order valence-electron chi connectivity index (χ3n) is 2.17. The van der Waals surface area contributed by atoms with Crippen molar-refractivity contribution in [3.05, 3.63) is 28.1 Å². The Morgan fingerprint density at radius 3 is 2.78 bits per heavy atom. The van der Waals surface area contributed by atoms with Gasteiger partial charge in [0.15, 0.2) is 0 Å². The Hall–Kier alpha value is -1.07. The quantitative estimate of drug-likeness (QED) is 0.799. The van der Waals surface area contributed by atoms with Crippen LogP contribution in [-0.4, -0.2) is 11.7 Å². The van der Waals surface area contributed by atoms with Gasteiger partial charge in [0.2, 0.25) is 0 Å². The Morgan fingerprint density at radius 2 is 2.11 bits per heavy atom. The number of hydrogen-bond donors (Lipinski definition) is 1. The molecular weight excluding hydrogens is 314 g/mol. The lowest BCUT2D eigenvalue weighted by Crippen LogP contribution is -2.27. The SMILES string of the molecule is CC(C)(C)OC(=O)Nc1cccc2sc(Br)cc12. The molecule has 18 heavy (non-hydrogen) atoms. The summed E-state index contributed by atoms with van der Waals surface area (Å²) in [5.74, 6) is 0. The van der Waals surface area contributed by atoms with E-state index in [1.54, 1.807) is 11.3 Å². The highest BCUT2D eigenvalue weighted by atomic mass is 79.9. The van der Waals surface area contributed by atoms with Crippen LogP contribution in [0.25, 0.3) is 10.1 Å². The van der Waals surface area contributed by atoms with Gasteiger partial charge in [-0.3, -0.25) is 5.32 Å². The van der Waals surface area contributed by atoms with Crippen LogP contribution in [0.1, 0.15) is 20.8 Å². The summed E-state index contributed by atoms with van der Waals surface area (Å²) in [4.78, 5) is 11.7. The van der Waals surface area contributed by atoms with Crippen molar-refractivity contribution in [1.29, 1.82) is 0 Å². The molecule has 96 valence electrons. The molecule has 1 amide bonds. The second-order valence-electron chi connectivity index (χ2n) is 4.89. The fourth-order valence-corrected chi connectivity index (χ4v) is 3.12. The molecule has 5 heteroatoms. The second-order valence-corrected chi connectivity index (χ2v) is 7.36. The number of hydrogen-bond acceptors (Lipinski definition) is 3. The molecule has 0 bridgehead atoms. The minimum Gasteiger partial charge on any atom is -0.444 e. The smallest absolute Gasteiger partial charge is 0.412 e. The minimum atomic E-state index is -0.493. The van der Waals surface area contributed by atoms with Crippen molar-refractivity contribution >= 4 is 49.1 Å². The Balaban J connectivity index is 2.24. The summed E-state index contributed by atoms with van der Waals surface area (Å²) in [6, 6.07) is 7.79. The third-order valence-corrected chi connectivity index (χ3v) is 3.77. The van der Waals surface area contributed by atoms with Gasteiger partial charge in [0.1, 0.15) is 5.60 Å². The normalized spacial score (nSPS) is 11.6. The van der Waals surface area contributed by atoms with Gasteiger partial charge in [0.25, 0.3) is 0 Å². The number of anilines is 1. The maximum absolute atomic E-state index is 11.7. The highest BCUT2D eigenvalue weighted by Gasteiger charge is 2.17. The topological polar surface area (TPSA) is 38.3 Å². The molecule has 2 aromatic rings. The van der Waals surface area contributed by atoms with E-state index in [2.05, 4.69) is 21.2 Å². The molecule has 0 aliphatic carbocycles. The summed E-state index contributed by atoms with van der Waals surface area (Å²) in [6.45, 7) is 5.52. The molecule has 1 N–H and O–H groups in total. The number of fused-ring (bicyclic) bond motifs is 1. The lowest BCUT2D eigenvalue weighted by molar-refractivity contribution is 0.0636. The molecule has 0 radical (unpaired) electrons. The zero-order valence-electron chi connectivity index (χ0n) is 10.4. The van der Waals surface area contributed by atoms with Crippen molar-refractivity contribution in [3.8, 4) is 0 Å². The van der Waals surface area contributed by atoms with Crippen LogP contribution in [-0.2, 0) is 4.74 Å². The highest BCUT2D eigenvalue weighted by molar-refractivity contribution is 9.11. The van der Waals surface area contributed by atoms with Gasteiger partial charge in [-0.05, 0) is 54.9 Å². The van der Waals surface area contributed by atoms with E-state index in [1.807, 2.05) is 45.0 Å². The fraction of sp³-hybridized carbons (Fsp3) is 0.308. The number of carbonyl (C=O) groups excluding carboxylic acids is 1. The lowest BCUT2D eigenvalue weighted by atomic mass is 10.2. The molecular formula is C13H14BrNO2S. The van der Waals surface area contributed by atoms with Crippen molar-refractivity contribution in [2.45, 2.75) is 26.4 Å². The molecule has 1 heterocycles. The maximum Gasteiger partial charge on any atom is 0.412 e. The van der Waals surface area contributed by atoms with Gasteiger partial charge in [0.05, 0.1) is 9.47 Å². The Morgan fingerprint density at radius 1 is 1.39 bits per heavy atom. The van der Waals surface area contributed by atoms with Crippen molar-refractivity contribution in [2.24, 2.45) is 0 Å². The Labute approximate surface area is 118 Å². The molecule has 0 saturated heterocycles. The van der Waals surface area contributed by atoms with Crippen LogP contribution in [0.5, 0.6) is 0 Å². The molecule has 2 rings (SSSR count). The van der Waals surface area contributed by atoms with E-state index in [-0.39, 0.29) is 0 Å². The molecule has 0 atom stereocenters. The van der Waals surface area contributed by atoms with Crippen LogP contribution in [0.4, 0.5) is 10.5 Å². The lowest BCUT2D eigenvalue weighted by Gasteiger charge is -2.19. The predicted molar refractivity (Wildman–Crippen MR) is 79.4 cm³/mol. The molecule has 1 aromatic carbocycles. The van der Waals surface area contributed by atoms with E-state index in [9.17, 15) is 4.79 Å². The molecule has 0 aliphatic rings. The Kier molecular flexibility index (Phi) is 3.64. The number of halogens is 1. The van der Waals surface area contributed by atoms with E-state index >= 15 is 0 Å². The van der Waals surface area contributed by atoms with Crippen LogP contribution in [0.2, 0.25) is 0 Å². The maximum atomic E-state index is 11.7. The molecule has 0 saturated carbocycles. The van der Waals surface area contributed by atoms with Gasteiger partial charge in [-0.1, -0.05) is 6.07 Å². The van der Waals surface area contributed by atoms with E-state index in [4.69, 9.17) is 4.74 Å². The average Bonchev–Trinajstić information content (AvgIpc) is 2.56. The van der Waals surface area contributed by atoms with Crippen molar-refractivity contribution < 1.29 is 9.53 Å². The zero-order valence-corrected chi connectivity index (χ0v) is 12.8. The van der Waals surface area contributed by atoms with Gasteiger partial charge >= 0.3 is 6.09 Å². The molecule has 1 aromatic heterocycles. The first-order chi connectivity index (χ1) is 8.35. The number of carbonyl (C=O) groups is 1. The molecule has 0 unspecified atom stereocenters. The van der Waals surface area contributed by atoms with Gasteiger partial charge < -0.3 is 4.74 Å². The molecule has 0 aliphatic heterocycles. The molecule has 0 spiro atoms. The number of rotatable bonds is 1. The molecule has 3 nitrogen and oxygen atoms in total. The third kappa shape index (κ3) is 3.23. The van der Waals surface area contributed by atoms with Crippen molar-refractivity contribution in [3.63, 3.8) is 0 Å². The first kappa shape index (κ1) is 13.4. The summed E-state index contributed by atoms with van der Waals surface area (Å²) in [5, 5.41) is 3.79. The standard InChI is InChI=1S/C13H14BrNO2S/c1-13(2,3)17-12(16)15-9-5-4-6-10-8(9)7-11(14)18-10/h4-7H,1-3H3,(H,15,16). The van der Waals surface area contributed by atoms with Gasteiger partial charge in [-0.2, -0.15) is 0 Å². The summed E-state index contributed by atoms with van der Waals surface area (Å²) >= 11 is 5.08. The van der Waals surface area contributed by atoms with Crippen LogP contribution >= 0.6 is 27.3 Å².